The summed E-state index contributed by atoms with van der Waals surface area (Å²) >= 11 is 5.91. The number of rotatable bonds is 9. The van der Waals surface area contributed by atoms with Crippen molar-refractivity contribution >= 4 is 41.2 Å². The number of benzene rings is 3. The van der Waals surface area contributed by atoms with E-state index in [1.807, 2.05) is 38.1 Å². The Morgan fingerprint density at radius 2 is 1.65 bits per heavy atom. The third-order valence-corrected chi connectivity index (χ3v) is 5.62. The molecular formula is C28H25ClN2O6. The number of nitrogens with zero attached hydrogens (tertiary/aromatic N) is 1. The Morgan fingerprint density at radius 1 is 0.892 bits per heavy atom. The van der Waals surface area contributed by atoms with Crippen molar-refractivity contribution in [3.63, 3.8) is 0 Å². The fourth-order valence-electron chi connectivity index (χ4n) is 3.67. The predicted molar refractivity (Wildman–Crippen MR) is 140 cm³/mol. The molecule has 9 heteroatoms. The first-order chi connectivity index (χ1) is 17.9. The number of ether oxygens (including phenoxy) is 3. The molecule has 0 atom stereocenters. The largest absolute Gasteiger partial charge is 0.490 e. The van der Waals surface area contributed by atoms with Crippen LogP contribution in [-0.4, -0.2) is 37.7 Å². The van der Waals surface area contributed by atoms with Crippen molar-refractivity contribution < 1.29 is 28.6 Å². The van der Waals surface area contributed by atoms with Gasteiger partial charge >= 0.3 is 6.03 Å². The summed E-state index contributed by atoms with van der Waals surface area (Å²) in [5.74, 6) is 0.169. The highest BCUT2D eigenvalue weighted by molar-refractivity contribution is 6.39. The van der Waals surface area contributed by atoms with E-state index in [1.54, 1.807) is 30.3 Å². The maximum atomic E-state index is 13.1. The molecule has 1 N–H and O–H groups in total. The van der Waals surface area contributed by atoms with E-state index in [4.69, 9.17) is 25.8 Å². The van der Waals surface area contributed by atoms with E-state index in [9.17, 15) is 14.4 Å². The molecule has 0 aliphatic carbocycles. The lowest BCUT2D eigenvalue weighted by atomic mass is 10.1. The van der Waals surface area contributed by atoms with Gasteiger partial charge < -0.3 is 14.2 Å². The van der Waals surface area contributed by atoms with Gasteiger partial charge in [0.05, 0.1) is 12.3 Å². The van der Waals surface area contributed by atoms with E-state index in [1.165, 1.54) is 18.2 Å². The first-order valence-corrected chi connectivity index (χ1v) is 12.0. The molecule has 0 spiro atoms. The van der Waals surface area contributed by atoms with Crippen LogP contribution in [0.3, 0.4) is 0 Å². The van der Waals surface area contributed by atoms with E-state index in [0.29, 0.717) is 35.3 Å². The van der Waals surface area contributed by atoms with Crippen LogP contribution in [0.4, 0.5) is 10.5 Å². The highest BCUT2D eigenvalue weighted by Crippen LogP contribution is 2.30. The molecule has 0 bridgehead atoms. The lowest BCUT2D eigenvalue weighted by molar-refractivity contribution is -0.122. The number of urea groups is 1. The zero-order valence-electron chi connectivity index (χ0n) is 20.3. The number of hydrogen-bond donors (Lipinski definition) is 1. The van der Waals surface area contributed by atoms with Crippen LogP contribution in [0.1, 0.15) is 18.1 Å². The van der Waals surface area contributed by atoms with Crippen molar-refractivity contribution in [1.29, 1.82) is 0 Å². The molecule has 0 unspecified atom stereocenters. The minimum atomic E-state index is -0.832. The molecule has 190 valence electrons. The Kier molecular flexibility index (Phi) is 8.10. The number of amides is 4. The summed E-state index contributed by atoms with van der Waals surface area (Å²) in [6.45, 7) is 4.83. The third kappa shape index (κ3) is 6.29. The number of aryl methyl sites for hydroxylation is 1. The average molecular weight is 521 g/mol. The van der Waals surface area contributed by atoms with Crippen molar-refractivity contribution in [2.45, 2.75) is 13.8 Å². The second-order valence-electron chi connectivity index (χ2n) is 8.09. The molecule has 0 aromatic heterocycles. The van der Waals surface area contributed by atoms with Crippen LogP contribution in [0.25, 0.3) is 6.08 Å². The van der Waals surface area contributed by atoms with E-state index >= 15 is 0 Å². The van der Waals surface area contributed by atoms with Gasteiger partial charge in [-0.15, -0.1) is 0 Å². The number of halogens is 1. The fourth-order valence-corrected chi connectivity index (χ4v) is 3.79. The van der Waals surface area contributed by atoms with Gasteiger partial charge in [0, 0.05) is 5.02 Å². The van der Waals surface area contributed by atoms with Crippen molar-refractivity contribution in [3.05, 3.63) is 88.5 Å². The van der Waals surface area contributed by atoms with E-state index < -0.39 is 17.8 Å². The summed E-state index contributed by atoms with van der Waals surface area (Å²) in [7, 11) is 0. The predicted octanol–water partition coefficient (Wildman–Crippen LogP) is 5.17. The molecule has 4 rings (SSSR count). The first kappa shape index (κ1) is 25.8. The van der Waals surface area contributed by atoms with Gasteiger partial charge in [0.2, 0.25) is 0 Å². The molecule has 1 fully saturated rings. The topological polar surface area (TPSA) is 94.2 Å². The molecule has 3 aromatic rings. The molecule has 0 saturated carbocycles. The maximum Gasteiger partial charge on any atom is 0.335 e. The summed E-state index contributed by atoms with van der Waals surface area (Å²) < 4.78 is 17.3. The van der Waals surface area contributed by atoms with Crippen molar-refractivity contribution in [2.75, 3.05) is 24.7 Å². The minimum absolute atomic E-state index is 0.197. The summed E-state index contributed by atoms with van der Waals surface area (Å²) in [5, 5.41) is 2.65. The smallest absolute Gasteiger partial charge is 0.335 e. The van der Waals surface area contributed by atoms with Crippen LogP contribution in [0.2, 0.25) is 5.02 Å². The van der Waals surface area contributed by atoms with Crippen LogP contribution in [0.15, 0.2) is 72.3 Å². The summed E-state index contributed by atoms with van der Waals surface area (Å²) in [4.78, 5) is 38.9. The van der Waals surface area contributed by atoms with E-state index in [-0.39, 0.29) is 17.9 Å². The molecule has 8 nitrogen and oxygen atoms in total. The Hall–Kier alpha value is -4.30. The molecule has 1 heterocycles. The summed E-state index contributed by atoms with van der Waals surface area (Å²) in [6, 6.07) is 18.1. The zero-order chi connectivity index (χ0) is 26.4. The third-order valence-electron chi connectivity index (χ3n) is 5.36. The van der Waals surface area contributed by atoms with Gasteiger partial charge in [-0.05, 0) is 79.6 Å². The number of hydrogen-bond acceptors (Lipinski definition) is 6. The van der Waals surface area contributed by atoms with Gasteiger partial charge in [0.1, 0.15) is 24.5 Å². The van der Waals surface area contributed by atoms with Gasteiger partial charge in [0.15, 0.2) is 11.5 Å². The van der Waals surface area contributed by atoms with Crippen LogP contribution in [0, 0.1) is 6.92 Å². The van der Waals surface area contributed by atoms with Crippen molar-refractivity contribution in [2.24, 2.45) is 0 Å². The second kappa shape index (κ2) is 11.6. The number of barbiturate groups is 1. The normalized spacial score (nSPS) is 14.5. The highest BCUT2D eigenvalue weighted by atomic mass is 35.5. The number of imide groups is 2. The minimum Gasteiger partial charge on any atom is -0.490 e. The highest BCUT2D eigenvalue weighted by Gasteiger charge is 2.36. The zero-order valence-corrected chi connectivity index (χ0v) is 21.1. The Bertz CT molecular complexity index is 1350. The number of carbonyl (C=O) groups is 3. The first-order valence-electron chi connectivity index (χ1n) is 11.6. The number of carbonyl (C=O) groups excluding carboxylic acids is 3. The maximum absolute atomic E-state index is 13.1. The van der Waals surface area contributed by atoms with Crippen molar-refractivity contribution in [3.8, 4) is 17.2 Å². The quantitative estimate of drug-likeness (QED) is 0.237. The Morgan fingerprint density at radius 3 is 2.38 bits per heavy atom. The standard InChI is InChI=1S/C28H25ClN2O6/c1-3-35-25-17-19(7-12-24(25)37-14-13-36-22-6-4-5-18(2)15-22)16-23-26(32)30-28(34)31(27(23)33)21-10-8-20(29)9-11-21/h4-12,15-17H,3,13-14H2,1-2H3,(H,30,32,34)/b23-16-. The van der Waals surface area contributed by atoms with E-state index in [0.717, 1.165) is 16.2 Å². The van der Waals surface area contributed by atoms with Crippen LogP contribution in [-0.2, 0) is 9.59 Å². The van der Waals surface area contributed by atoms with Gasteiger partial charge in [-0.25, -0.2) is 9.69 Å². The van der Waals surface area contributed by atoms with Crippen LogP contribution < -0.4 is 24.4 Å². The SMILES string of the molecule is CCOc1cc(/C=C2/C(=O)NC(=O)N(c3ccc(Cl)cc3)C2=O)ccc1OCCOc1cccc(C)c1. The number of nitrogens with one attached hydrogen (secondary N) is 1. The lowest BCUT2D eigenvalue weighted by Gasteiger charge is -2.26. The molecule has 1 aliphatic rings. The molecule has 4 amide bonds. The molecular weight excluding hydrogens is 496 g/mol. The monoisotopic (exact) mass is 520 g/mol. The van der Waals surface area contributed by atoms with Gasteiger partial charge in [-0.2, -0.15) is 0 Å². The molecule has 0 radical (unpaired) electrons. The van der Waals surface area contributed by atoms with Crippen LogP contribution in [0.5, 0.6) is 17.2 Å². The van der Waals surface area contributed by atoms with Gasteiger partial charge in [0.25, 0.3) is 11.8 Å². The van der Waals surface area contributed by atoms with Gasteiger partial charge in [-0.1, -0.05) is 29.8 Å². The van der Waals surface area contributed by atoms with Crippen LogP contribution >= 0.6 is 11.6 Å². The second-order valence-corrected chi connectivity index (χ2v) is 8.52. The lowest BCUT2D eigenvalue weighted by Crippen LogP contribution is -2.54. The Balaban J connectivity index is 1.50. The molecule has 3 aromatic carbocycles. The summed E-state index contributed by atoms with van der Waals surface area (Å²) in [5.41, 5.74) is 1.72. The van der Waals surface area contributed by atoms with Gasteiger partial charge in [-0.3, -0.25) is 14.9 Å². The molecule has 37 heavy (non-hydrogen) atoms. The molecule has 1 aliphatic heterocycles. The van der Waals surface area contributed by atoms with Crippen molar-refractivity contribution in [1.82, 2.24) is 5.32 Å². The average Bonchev–Trinajstić information content (AvgIpc) is 2.87. The fraction of sp³-hybridized carbons (Fsp3) is 0.179. The summed E-state index contributed by atoms with van der Waals surface area (Å²) in [6.07, 6.45) is 1.40. The Labute approximate surface area is 219 Å². The number of anilines is 1. The van der Waals surface area contributed by atoms with E-state index in [2.05, 4.69) is 5.32 Å². The molecule has 1 saturated heterocycles.